The molecule has 0 saturated carbocycles. The second-order valence-corrected chi connectivity index (χ2v) is 4.68. The van der Waals surface area contributed by atoms with Crippen molar-refractivity contribution in [1.29, 1.82) is 0 Å². The zero-order chi connectivity index (χ0) is 14.4. The topological polar surface area (TPSA) is 40.5 Å². The van der Waals surface area contributed by atoms with E-state index in [1.54, 1.807) is 0 Å². The molecule has 5 heteroatoms. The van der Waals surface area contributed by atoms with Crippen LogP contribution >= 0.6 is 0 Å². The highest BCUT2D eigenvalue weighted by Crippen LogP contribution is 2.11. The first-order chi connectivity index (χ1) is 8.93. The summed E-state index contributed by atoms with van der Waals surface area (Å²) in [4.78, 5) is 13.8. The second-order valence-electron chi connectivity index (χ2n) is 4.68. The van der Waals surface area contributed by atoms with E-state index >= 15 is 0 Å². The zero-order valence-electron chi connectivity index (χ0n) is 11.2. The van der Waals surface area contributed by atoms with Gasteiger partial charge in [-0.3, -0.25) is 9.69 Å². The molecular weight excluding hydrogens is 252 g/mol. The fourth-order valence-electron chi connectivity index (χ4n) is 1.86. The predicted molar refractivity (Wildman–Crippen MR) is 69.1 cm³/mol. The first-order valence-electron chi connectivity index (χ1n) is 6.28. The summed E-state index contributed by atoms with van der Waals surface area (Å²) in [5.41, 5.74) is 0.0465. The lowest BCUT2D eigenvalue weighted by Gasteiger charge is -2.25. The van der Waals surface area contributed by atoms with Crippen molar-refractivity contribution >= 4 is 5.78 Å². The van der Waals surface area contributed by atoms with E-state index in [4.69, 9.17) is 5.11 Å². The molecule has 0 aromatic heterocycles. The van der Waals surface area contributed by atoms with E-state index in [1.165, 1.54) is 0 Å². The summed E-state index contributed by atoms with van der Waals surface area (Å²) in [6.45, 7) is 4.86. The number of ketones is 1. The summed E-state index contributed by atoms with van der Waals surface area (Å²) >= 11 is 0. The molecule has 0 atom stereocenters. The van der Waals surface area contributed by atoms with Crippen LogP contribution in [-0.4, -0.2) is 41.5 Å². The predicted octanol–water partition coefficient (Wildman–Crippen LogP) is 2.24. The number of hydrogen-bond acceptors (Lipinski definition) is 3. The maximum absolute atomic E-state index is 13.0. The van der Waals surface area contributed by atoms with Gasteiger partial charge in [0, 0.05) is 37.2 Å². The van der Waals surface area contributed by atoms with Gasteiger partial charge in [-0.1, -0.05) is 0 Å². The van der Waals surface area contributed by atoms with E-state index in [2.05, 4.69) is 0 Å². The average Bonchev–Trinajstić information content (AvgIpc) is 2.32. The maximum atomic E-state index is 13.0. The minimum atomic E-state index is -0.751. The number of carbonyl (C=O) groups excluding carboxylic acids is 1. The van der Waals surface area contributed by atoms with Gasteiger partial charge in [-0.05, 0) is 26.0 Å². The Hall–Kier alpha value is -1.33. The highest BCUT2D eigenvalue weighted by Gasteiger charge is 2.13. The minimum absolute atomic E-state index is 0.0148. The number of carbonyl (C=O) groups is 1. The number of rotatable bonds is 7. The highest BCUT2D eigenvalue weighted by atomic mass is 19.1. The van der Waals surface area contributed by atoms with Crippen molar-refractivity contribution < 1.29 is 18.7 Å². The van der Waals surface area contributed by atoms with Crippen LogP contribution < -0.4 is 0 Å². The molecule has 0 radical (unpaired) electrons. The van der Waals surface area contributed by atoms with Crippen molar-refractivity contribution in [3.63, 3.8) is 0 Å². The van der Waals surface area contributed by atoms with E-state index in [1.807, 2.05) is 18.7 Å². The van der Waals surface area contributed by atoms with Crippen molar-refractivity contribution in [1.82, 2.24) is 4.90 Å². The molecule has 0 unspecified atom stereocenters. The third kappa shape index (κ3) is 5.04. The molecule has 0 aliphatic carbocycles. The van der Waals surface area contributed by atoms with Gasteiger partial charge in [0.05, 0.1) is 6.61 Å². The van der Waals surface area contributed by atoms with Crippen LogP contribution in [0.1, 0.15) is 30.6 Å². The fourth-order valence-corrected chi connectivity index (χ4v) is 1.86. The molecule has 0 saturated heterocycles. The van der Waals surface area contributed by atoms with Crippen LogP contribution in [0.4, 0.5) is 8.78 Å². The van der Waals surface area contributed by atoms with Gasteiger partial charge in [0.15, 0.2) is 5.78 Å². The average molecular weight is 271 g/mol. The van der Waals surface area contributed by atoms with Crippen LogP contribution in [0.3, 0.4) is 0 Å². The molecule has 0 aliphatic rings. The van der Waals surface area contributed by atoms with Gasteiger partial charge < -0.3 is 5.11 Å². The molecule has 0 fully saturated rings. The first-order valence-corrected chi connectivity index (χ1v) is 6.28. The number of hydrogen-bond donors (Lipinski definition) is 1. The third-order valence-electron chi connectivity index (χ3n) is 2.93. The number of Topliss-reactive ketones (excluding diaryl/α,β-unsaturated/α-hetero) is 1. The third-order valence-corrected chi connectivity index (χ3v) is 2.93. The lowest BCUT2D eigenvalue weighted by atomic mass is 10.1. The summed E-state index contributed by atoms with van der Waals surface area (Å²) in [6, 6.07) is 3.02. The number of nitrogens with zero attached hydrogens (tertiary/aromatic N) is 1. The molecule has 1 rings (SSSR count). The second kappa shape index (κ2) is 7.31. The van der Waals surface area contributed by atoms with Gasteiger partial charge in [0.2, 0.25) is 0 Å². The Labute approximate surface area is 111 Å². The summed E-state index contributed by atoms with van der Waals surface area (Å²) < 4.78 is 26.0. The Kier molecular flexibility index (Phi) is 6.05. The largest absolute Gasteiger partial charge is 0.395 e. The van der Waals surface area contributed by atoms with Gasteiger partial charge >= 0.3 is 0 Å². The van der Waals surface area contributed by atoms with Gasteiger partial charge in [-0.15, -0.1) is 0 Å². The molecule has 0 spiro atoms. The van der Waals surface area contributed by atoms with Crippen LogP contribution in [0.2, 0.25) is 0 Å². The molecule has 1 N–H and O–H groups in total. The monoisotopic (exact) mass is 271 g/mol. The van der Waals surface area contributed by atoms with E-state index in [0.29, 0.717) is 13.1 Å². The van der Waals surface area contributed by atoms with Crippen molar-refractivity contribution in [3.05, 3.63) is 35.4 Å². The molecule has 0 amide bonds. The zero-order valence-corrected chi connectivity index (χ0v) is 11.2. The normalized spacial score (nSPS) is 11.3. The summed E-state index contributed by atoms with van der Waals surface area (Å²) in [7, 11) is 0. The van der Waals surface area contributed by atoms with Gasteiger partial charge in [0.1, 0.15) is 11.6 Å². The minimum Gasteiger partial charge on any atom is -0.395 e. The molecule has 19 heavy (non-hydrogen) atoms. The van der Waals surface area contributed by atoms with E-state index in [9.17, 15) is 13.6 Å². The van der Waals surface area contributed by atoms with Crippen LogP contribution in [0, 0.1) is 11.6 Å². The number of aliphatic hydroxyl groups excluding tert-OH is 1. The lowest BCUT2D eigenvalue weighted by Crippen LogP contribution is -2.35. The quantitative estimate of drug-likeness (QED) is 0.773. The lowest BCUT2D eigenvalue weighted by molar-refractivity contribution is 0.0943. The van der Waals surface area contributed by atoms with Crippen LogP contribution in [0.25, 0.3) is 0 Å². The van der Waals surface area contributed by atoms with Crippen LogP contribution in [-0.2, 0) is 0 Å². The summed E-state index contributed by atoms with van der Waals surface area (Å²) in [5, 5.41) is 8.91. The van der Waals surface area contributed by atoms with Crippen molar-refractivity contribution in [2.45, 2.75) is 26.3 Å². The van der Waals surface area contributed by atoms with Gasteiger partial charge in [-0.25, -0.2) is 8.78 Å². The summed E-state index contributed by atoms with van der Waals surface area (Å²) in [5.74, 6) is -1.80. The van der Waals surface area contributed by atoms with Crippen molar-refractivity contribution in [2.75, 3.05) is 19.7 Å². The molecule has 1 aromatic carbocycles. The Morgan fingerprint density at radius 3 is 2.26 bits per heavy atom. The molecular formula is C14H19F2NO2. The smallest absolute Gasteiger partial charge is 0.164 e. The summed E-state index contributed by atoms with van der Waals surface area (Å²) in [6.07, 6.45) is 0.168. The number of aliphatic hydroxyl groups is 1. The molecule has 0 bridgehead atoms. The van der Waals surface area contributed by atoms with Gasteiger partial charge in [0.25, 0.3) is 0 Å². The van der Waals surface area contributed by atoms with E-state index in [-0.39, 0.29) is 30.4 Å². The Balaban J connectivity index is 2.63. The van der Waals surface area contributed by atoms with Crippen molar-refractivity contribution in [3.8, 4) is 0 Å². The number of halogens is 2. The SMILES string of the molecule is CC(C)N(CCO)CCC(=O)c1cc(F)cc(F)c1. The van der Waals surface area contributed by atoms with Crippen LogP contribution in [0.15, 0.2) is 18.2 Å². The maximum Gasteiger partial charge on any atom is 0.164 e. The molecule has 106 valence electrons. The highest BCUT2D eigenvalue weighted by molar-refractivity contribution is 5.96. The molecule has 1 aromatic rings. The molecule has 0 aliphatic heterocycles. The Morgan fingerprint density at radius 2 is 1.79 bits per heavy atom. The molecule has 3 nitrogen and oxygen atoms in total. The fraction of sp³-hybridized carbons (Fsp3) is 0.500. The van der Waals surface area contributed by atoms with E-state index < -0.39 is 11.6 Å². The Bertz CT molecular complexity index is 415. The molecule has 0 heterocycles. The van der Waals surface area contributed by atoms with Gasteiger partial charge in [-0.2, -0.15) is 0 Å². The van der Waals surface area contributed by atoms with E-state index in [0.717, 1.165) is 18.2 Å². The standard InChI is InChI=1S/C14H19F2NO2/c1-10(2)17(5-6-18)4-3-14(19)11-7-12(15)9-13(16)8-11/h7-10,18H,3-6H2,1-2H3. The number of benzene rings is 1. The first kappa shape index (κ1) is 15.7. The van der Waals surface area contributed by atoms with Crippen LogP contribution in [0.5, 0.6) is 0 Å². The van der Waals surface area contributed by atoms with Crippen molar-refractivity contribution in [2.24, 2.45) is 0 Å². The Morgan fingerprint density at radius 1 is 1.21 bits per heavy atom.